The fourth-order valence-electron chi connectivity index (χ4n) is 3.61. The van der Waals surface area contributed by atoms with Gasteiger partial charge in [-0.15, -0.1) is 0 Å². The van der Waals surface area contributed by atoms with Crippen molar-refractivity contribution < 1.29 is 18.7 Å². The Morgan fingerprint density at radius 3 is 2.41 bits per heavy atom. The Balaban J connectivity index is 1.72. The van der Waals surface area contributed by atoms with E-state index in [1.54, 1.807) is 34.3 Å². The average molecular weight is 466 g/mol. The topological polar surface area (TPSA) is 67.9 Å². The van der Waals surface area contributed by atoms with Gasteiger partial charge < -0.3 is 23.5 Å². The Morgan fingerprint density at radius 1 is 1.06 bits per heavy atom. The van der Waals surface area contributed by atoms with Crippen LogP contribution in [0.25, 0.3) is 0 Å². The maximum absolute atomic E-state index is 13.4. The van der Waals surface area contributed by atoms with E-state index < -0.39 is 0 Å². The van der Waals surface area contributed by atoms with E-state index in [9.17, 15) is 9.59 Å². The molecule has 0 unspecified atom stereocenters. The molecular formula is C27H35N3O4. The van der Waals surface area contributed by atoms with E-state index in [1.807, 2.05) is 62.0 Å². The van der Waals surface area contributed by atoms with Crippen molar-refractivity contribution in [3.8, 4) is 5.75 Å². The summed E-state index contributed by atoms with van der Waals surface area (Å²) in [6.45, 7) is 7.35. The minimum atomic E-state index is -0.180. The molecule has 7 nitrogen and oxygen atoms in total. The second-order valence-corrected chi connectivity index (χ2v) is 8.69. The lowest BCUT2D eigenvalue weighted by Crippen LogP contribution is -2.45. The lowest BCUT2D eigenvalue weighted by Gasteiger charge is -2.30. The van der Waals surface area contributed by atoms with Crippen molar-refractivity contribution >= 4 is 11.8 Å². The summed E-state index contributed by atoms with van der Waals surface area (Å²) in [5, 5.41) is 0. The quantitative estimate of drug-likeness (QED) is 0.358. The number of nitrogens with zero attached hydrogens (tertiary/aromatic N) is 3. The van der Waals surface area contributed by atoms with Crippen LogP contribution in [0.5, 0.6) is 5.75 Å². The zero-order chi connectivity index (χ0) is 24.5. The van der Waals surface area contributed by atoms with Crippen LogP contribution < -0.4 is 4.74 Å². The highest BCUT2D eigenvalue weighted by atomic mass is 16.5. The fourth-order valence-corrected chi connectivity index (χ4v) is 3.61. The van der Waals surface area contributed by atoms with Gasteiger partial charge in [-0.05, 0) is 68.8 Å². The van der Waals surface area contributed by atoms with E-state index in [-0.39, 0.29) is 24.4 Å². The van der Waals surface area contributed by atoms with Gasteiger partial charge in [0.15, 0.2) is 0 Å². The first-order chi connectivity index (χ1) is 16.4. The standard InChI is InChI=1S/C27H35N3O4/c1-5-6-16-33-24-13-11-22(12-14-24)27(32)30(21(2)3)20-26(31)29(19-25-10-8-17-34-25)18-23-9-7-15-28(23)4/h7-15,17,21H,5-6,16,18-20H2,1-4H3. The first-order valence-corrected chi connectivity index (χ1v) is 11.8. The van der Waals surface area contributed by atoms with Gasteiger partial charge in [0, 0.05) is 30.5 Å². The number of unbranched alkanes of at least 4 members (excludes halogenated alkanes) is 1. The number of ether oxygens (including phenoxy) is 1. The van der Waals surface area contributed by atoms with Crippen LogP contribution in [-0.4, -0.2) is 45.4 Å². The van der Waals surface area contributed by atoms with Crippen molar-refractivity contribution in [2.75, 3.05) is 13.2 Å². The van der Waals surface area contributed by atoms with E-state index >= 15 is 0 Å². The third-order valence-corrected chi connectivity index (χ3v) is 5.74. The van der Waals surface area contributed by atoms with Gasteiger partial charge in [0.25, 0.3) is 5.91 Å². The first kappa shape index (κ1) is 25.1. The summed E-state index contributed by atoms with van der Waals surface area (Å²) >= 11 is 0. The summed E-state index contributed by atoms with van der Waals surface area (Å²) in [5.74, 6) is 1.12. The van der Waals surface area contributed by atoms with E-state index in [2.05, 4.69) is 6.92 Å². The highest BCUT2D eigenvalue weighted by Crippen LogP contribution is 2.17. The Morgan fingerprint density at radius 2 is 1.82 bits per heavy atom. The van der Waals surface area contributed by atoms with E-state index in [0.29, 0.717) is 31.0 Å². The zero-order valence-corrected chi connectivity index (χ0v) is 20.6. The highest BCUT2D eigenvalue weighted by Gasteiger charge is 2.25. The number of furan rings is 1. The molecule has 0 saturated heterocycles. The molecular weight excluding hydrogens is 430 g/mol. The summed E-state index contributed by atoms with van der Waals surface area (Å²) in [4.78, 5) is 30.0. The van der Waals surface area contributed by atoms with Crippen molar-refractivity contribution in [2.45, 2.75) is 52.7 Å². The van der Waals surface area contributed by atoms with Crippen LogP contribution in [0, 0.1) is 0 Å². The Hall–Kier alpha value is -3.48. The number of rotatable bonds is 12. The van der Waals surface area contributed by atoms with Crippen LogP contribution in [-0.2, 0) is 24.9 Å². The van der Waals surface area contributed by atoms with Gasteiger partial charge in [-0.25, -0.2) is 0 Å². The predicted octanol–water partition coefficient (Wildman–Crippen LogP) is 4.88. The lowest BCUT2D eigenvalue weighted by molar-refractivity contribution is -0.133. The van der Waals surface area contributed by atoms with Gasteiger partial charge in [0.2, 0.25) is 5.91 Å². The molecule has 0 N–H and O–H groups in total. The van der Waals surface area contributed by atoms with Crippen LogP contribution in [0.1, 0.15) is 55.4 Å². The van der Waals surface area contributed by atoms with Crippen molar-refractivity contribution in [1.29, 1.82) is 0 Å². The maximum Gasteiger partial charge on any atom is 0.254 e. The van der Waals surface area contributed by atoms with Gasteiger partial charge >= 0.3 is 0 Å². The number of benzene rings is 1. The van der Waals surface area contributed by atoms with Crippen LogP contribution >= 0.6 is 0 Å². The highest BCUT2D eigenvalue weighted by molar-refractivity contribution is 5.96. The molecule has 0 atom stereocenters. The maximum atomic E-state index is 13.4. The largest absolute Gasteiger partial charge is 0.494 e. The molecule has 0 fully saturated rings. The summed E-state index contributed by atoms with van der Waals surface area (Å²) in [6.07, 6.45) is 5.60. The number of amides is 2. The van der Waals surface area contributed by atoms with E-state index in [4.69, 9.17) is 9.15 Å². The van der Waals surface area contributed by atoms with Crippen LogP contribution in [0.15, 0.2) is 65.4 Å². The Bertz CT molecular complexity index is 1040. The fraction of sp³-hybridized carbons (Fsp3) is 0.407. The average Bonchev–Trinajstić information content (AvgIpc) is 3.48. The van der Waals surface area contributed by atoms with Crippen LogP contribution in [0.3, 0.4) is 0 Å². The van der Waals surface area contributed by atoms with Gasteiger partial charge in [0.05, 0.1) is 26.0 Å². The first-order valence-electron chi connectivity index (χ1n) is 11.8. The zero-order valence-electron chi connectivity index (χ0n) is 20.6. The molecule has 0 aliphatic carbocycles. The Labute approximate surface area is 201 Å². The molecule has 2 heterocycles. The molecule has 2 aromatic heterocycles. The summed E-state index contributed by atoms with van der Waals surface area (Å²) < 4.78 is 13.2. The number of aryl methyl sites for hydroxylation is 1. The third kappa shape index (κ3) is 6.76. The molecule has 0 saturated carbocycles. The molecule has 0 spiro atoms. The van der Waals surface area contributed by atoms with Gasteiger partial charge in [-0.1, -0.05) is 13.3 Å². The number of hydrogen-bond donors (Lipinski definition) is 0. The van der Waals surface area contributed by atoms with Crippen molar-refractivity contribution in [2.24, 2.45) is 7.05 Å². The van der Waals surface area contributed by atoms with Gasteiger partial charge in [-0.2, -0.15) is 0 Å². The monoisotopic (exact) mass is 465 g/mol. The minimum absolute atomic E-state index is 0.0175. The summed E-state index contributed by atoms with van der Waals surface area (Å²) in [5.41, 5.74) is 1.53. The normalized spacial score (nSPS) is 11.0. The van der Waals surface area contributed by atoms with Crippen molar-refractivity contribution in [1.82, 2.24) is 14.4 Å². The number of aromatic nitrogens is 1. The molecule has 34 heavy (non-hydrogen) atoms. The van der Waals surface area contributed by atoms with Crippen molar-refractivity contribution in [3.05, 3.63) is 78.0 Å². The SMILES string of the molecule is CCCCOc1ccc(C(=O)N(CC(=O)N(Cc2ccco2)Cc2cccn2C)C(C)C)cc1. The van der Waals surface area contributed by atoms with Crippen LogP contribution in [0.2, 0.25) is 0 Å². The van der Waals surface area contributed by atoms with Crippen LogP contribution in [0.4, 0.5) is 0 Å². The second-order valence-electron chi connectivity index (χ2n) is 8.69. The molecule has 2 amide bonds. The second kappa shape index (κ2) is 12.1. The van der Waals surface area contributed by atoms with Crippen molar-refractivity contribution in [3.63, 3.8) is 0 Å². The van der Waals surface area contributed by atoms with Gasteiger partial charge in [-0.3, -0.25) is 9.59 Å². The van der Waals surface area contributed by atoms with E-state index in [1.165, 1.54) is 0 Å². The molecule has 0 radical (unpaired) electrons. The third-order valence-electron chi connectivity index (χ3n) is 5.74. The molecule has 0 aliphatic rings. The van der Waals surface area contributed by atoms with E-state index in [0.717, 1.165) is 24.3 Å². The molecule has 182 valence electrons. The number of carbonyl (C=O) groups excluding carboxylic acids is 2. The molecule has 0 aliphatic heterocycles. The lowest BCUT2D eigenvalue weighted by atomic mass is 10.1. The molecule has 1 aromatic carbocycles. The Kier molecular flexibility index (Phi) is 8.96. The smallest absolute Gasteiger partial charge is 0.254 e. The number of carbonyl (C=O) groups is 2. The minimum Gasteiger partial charge on any atom is -0.494 e. The predicted molar refractivity (Wildman–Crippen MR) is 131 cm³/mol. The molecule has 3 rings (SSSR count). The summed E-state index contributed by atoms with van der Waals surface area (Å²) in [7, 11) is 1.95. The molecule has 7 heteroatoms. The van der Waals surface area contributed by atoms with Gasteiger partial charge in [0.1, 0.15) is 18.1 Å². The molecule has 3 aromatic rings. The molecule has 0 bridgehead atoms. The summed E-state index contributed by atoms with van der Waals surface area (Å²) in [6, 6.07) is 14.6. The number of hydrogen-bond acceptors (Lipinski definition) is 4.